The highest BCUT2D eigenvalue weighted by Gasteiger charge is 2.32. The van der Waals surface area contributed by atoms with Crippen molar-refractivity contribution < 1.29 is 14.0 Å². The van der Waals surface area contributed by atoms with Crippen LogP contribution in [0.4, 0.5) is 15.2 Å². The Balaban J connectivity index is 1.33. The standard InChI is InChI=1S/C26H29FN6O2S/c1-13-3-7-17(30-26(35)18-8-6-16(10-20(18)27)15-4-5-15)11-19(13)21-12-29-23(24(28)34)25(31-21)32-22-9-14(2)33-36-22/h6,8-10,12-13,15,17,19H,3-5,7,11H2,1-2H3,(H2,28,34)(H,30,35)(H,31,32)/t13-,17+,19?/m0/s1. The summed E-state index contributed by atoms with van der Waals surface area (Å²) in [5.74, 6) is -0.525. The molecule has 2 saturated carbocycles. The van der Waals surface area contributed by atoms with Gasteiger partial charge >= 0.3 is 0 Å². The van der Waals surface area contributed by atoms with E-state index in [1.807, 2.05) is 19.1 Å². The molecule has 0 radical (unpaired) electrons. The topological polar surface area (TPSA) is 123 Å². The van der Waals surface area contributed by atoms with Gasteiger partial charge in [-0.15, -0.1) is 0 Å². The van der Waals surface area contributed by atoms with Gasteiger partial charge in [-0.25, -0.2) is 14.4 Å². The summed E-state index contributed by atoms with van der Waals surface area (Å²) in [6.07, 6.45) is 6.05. The number of aryl methyl sites for hydroxylation is 1. The number of nitrogens with zero attached hydrogens (tertiary/aromatic N) is 3. The van der Waals surface area contributed by atoms with Crippen molar-refractivity contribution in [3.63, 3.8) is 0 Å². The summed E-state index contributed by atoms with van der Waals surface area (Å²) >= 11 is 1.26. The van der Waals surface area contributed by atoms with Gasteiger partial charge in [-0.1, -0.05) is 13.0 Å². The highest BCUT2D eigenvalue weighted by Crippen LogP contribution is 2.41. The smallest absolute Gasteiger partial charge is 0.271 e. The molecule has 1 aromatic carbocycles. The molecule has 3 atom stereocenters. The van der Waals surface area contributed by atoms with Crippen LogP contribution in [0.2, 0.25) is 0 Å². The normalized spacial score (nSPS) is 21.7. The highest BCUT2D eigenvalue weighted by atomic mass is 32.1. The fourth-order valence-electron chi connectivity index (χ4n) is 4.90. The summed E-state index contributed by atoms with van der Waals surface area (Å²) in [6.45, 7) is 4.02. The van der Waals surface area contributed by atoms with E-state index in [2.05, 4.69) is 26.9 Å². The van der Waals surface area contributed by atoms with E-state index in [-0.39, 0.29) is 23.2 Å². The predicted octanol–water partition coefficient (Wildman–Crippen LogP) is 4.80. The third-order valence-electron chi connectivity index (χ3n) is 7.09. The van der Waals surface area contributed by atoms with Gasteiger partial charge in [0, 0.05) is 18.2 Å². The molecule has 0 spiro atoms. The molecular formula is C26H29FN6O2S. The molecule has 1 unspecified atom stereocenters. The lowest BCUT2D eigenvalue weighted by Gasteiger charge is -2.34. The van der Waals surface area contributed by atoms with Crippen LogP contribution in [0.5, 0.6) is 0 Å². The maximum atomic E-state index is 14.6. The fourth-order valence-corrected chi connectivity index (χ4v) is 5.56. The minimum absolute atomic E-state index is 0.00399. The number of hydrogen-bond acceptors (Lipinski definition) is 7. The van der Waals surface area contributed by atoms with Crippen LogP contribution in [0, 0.1) is 18.7 Å². The van der Waals surface area contributed by atoms with Gasteiger partial charge in [0.25, 0.3) is 11.8 Å². The number of hydrogen-bond donors (Lipinski definition) is 3. The first kappa shape index (κ1) is 24.3. The number of benzene rings is 1. The van der Waals surface area contributed by atoms with Crippen molar-refractivity contribution in [2.75, 3.05) is 5.32 Å². The number of primary amides is 1. The van der Waals surface area contributed by atoms with E-state index in [0.717, 1.165) is 47.6 Å². The largest absolute Gasteiger partial charge is 0.364 e. The van der Waals surface area contributed by atoms with Gasteiger partial charge < -0.3 is 16.4 Å². The van der Waals surface area contributed by atoms with E-state index >= 15 is 0 Å². The molecule has 5 rings (SSSR count). The molecule has 4 N–H and O–H groups in total. The Morgan fingerprint density at radius 2 is 1.97 bits per heavy atom. The molecule has 2 fully saturated rings. The number of rotatable bonds is 7. The SMILES string of the molecule is Cc1cc(Nc2nc(C3C[C@H](NC(=O)c4ccc(C5CC5)cc4F)CC[C@@H]3C)cnc2C(N)=O)sn1. The molecule has 10 heteroatoms. The highest BCUT2D eigenvalue weighted by molar-refractivity contribution is 7.10. The van der Waals surface area contributed by atoms with Gasteiger partial charge in [-0.2, -0.15) is 4.37 Å². The minimum Gasteiger partial charge on any atom is -0.364 e. The number of carbonyl (C=O) groups is 2. The molecule has 0 saturated heterocycles. The van der Waals surface area contributed by atoms with Crippen LogP contribution in [0.15, 0.2) is 30.5 Å². The lowest BCUT2D eigenvalue weighted by molar-refractivity contribution is 0.0912. The third-order valence-corrected chi connectivity index (χ3v) is 7.89. The van der Waals surface area contributed by atoms with Gasteiger partial charge in [-0.3, -0.25) is 9.59 Å². The molecule has 2 aromatic heterocycles. The van der Waals surface area contributed by atoms with Crippen LogP contribution >= 0.6 is 11.5 Å². The summed E-state index contributed by atoms with van der Waals surface area (Å²) in [7, 11) is 0. The Kier molecular flexibility index (Phi) is 6.70. The van der Waals surface area contributed by atoms with Crippen LogP contribution < -0.4 is 16.4 Å². The van der Waals surface area contributed by atoms with Crippen molar-refractivity contribution >= 4 is 34.2 Å². The molecular weight excluding hydrogens is 479 g/mol. The van der Waals surface area contributed by atoms with Crippen LogP contribution in [-0.4, -0.2) is 32.2 Å². The lowest BCUT2D eigenvalue weighted by Crippen LogP contribution is -2.40. The Morgan fingerprint density at radius 3 is 2.64 bits per heavy atom. The van der Waals surface area contributed by atoms with Gasteiger partial charge in [0.1, 0.15) is 10.8 Å². The van der Waals surface area contributed by atoms with Gasteiger partial charge in [0.05, 0.1) is 17.0 Å². The van der Waals surface area contributed by atoms with Crippen molar-refractivity contribution in [2.45, 2.75) is 63.8 Å². The van der Waals surface area contributed by atoms with Crippen LogP contribution in [0.3, 0.4) is 0 Å². The molecule has 2 aliphatic rings. The molecule has 3 aromatic rings. The zero-order valence-electron chi connectivity index (χ0n) is 20.3. The van der Waals surface area contributed by atoms with E-state index in [0.29, 0.717) is 24.1 Å². The second-order valence-electron chi connectivity index (χ2n) is 9.89. The monoisotopic (exact) mass is 508 g/mol. The molecule has 2 amide bonds. The van der Waals surface area contributed by atoms with Crippen molar-refractivity contribution in [1.82, 2.24) is 19.7 Å². The van der Waals surface area contributed by atoms with E-state index in [4.69, 9.17) is 10.7 Å². The number of amides is 2. The maximum absolute atomic E-state index is 14.6. The maximum Gasteiger partial charge on any atom is 0.271 e. The van der Waals surface area contributed by atoms with Crippen LogP contribution in [0.25, 0.3) is 0 Å². The van der Waals surface area contributed by atoms with Crippen molar-refractivity contribution in [2.24, 2.45) is 11.7 Å². The molecule has 8 nitrogen and oxygen atoms in total. The first-order chi connectivity index (χ1) is 17.3. The third kappa shape index (κ3) is 5.23. The lowest BCUT2D eigenvalue weighted by atomic mass is 9.76. The fraction of sp³-hybridized carbons (Fsp3) is 0.423. The average molecular weight is 509 g/mol. The first-order valence-corrected chi connectivity index (χ1v) is 13.0. The summed E-state index contributed by atoms with van der Waals surface area (Å²) < 4.78 is 18.9. The second-order valence-corrected chi connectivity index (χ2v) is 10.7. The van der Waals surface area contributed by atoms with Crippen LogP contribution in [0.1, 0.15) is 88.7 Å². The predicted molar refractivity (Wildman–Crippen MR) is 136 cm³/mol. The second kappa shape index (κ2) is 9.93. The van der Waals surface area contributed by atoms with Crippen LogP contribution in [-0.2, 0) is 0 Å². The Labute approximate surface area is 213 Å². The zero-order valence-corrected chi connectivity index (χ0v) is 21.1. The molecule has 0 bridgehead atoms. The molecule has 0 aliphatic heterocycles. The summed E-state index contributed by atoms with van der Waals surface area (Å²) in [6, 6.07) is 6.67. The first-order valence-electron chi connectivity index (χ1n) is 12.3. The van der Waals surface area contributed by atoms with Crippen molar-refractivity contribution in [3.05, 3.63) is 64.5 Å². The Bertz CT molecular complexity index is 1310. The average Bonchev–Trinajstić information content (AvgIpc) is 3.62. The van der Waals surface area contributed by atoms with E-state index < -0.39 is 17.6 Å². The summed E-state index contributed by atoms with van der Waals surface area (Å²) in [5.41, 5.74) is 8.20. The number of anilines is 2. The summed E-state index contributed by atoms with van der Waals surface area (Å²) in [5, 5.41) is 6.89. The van der Waals surface area contributed by atoms with Crippen molar-refractivity contribution in [3.8, 4) is 0 Å². The van der Waals surface area contributed by atoms with Gasteiger partial charge in [-0.05, 0) is 86.2 Å². The van der Waals surface area contributed by atoms with E-state index in [1.165, 1.54) is 17.6 Å². The van der Waals surface area contributed by atoms with E-state index in [9.17, 15) is 14.0 Å². The molecule has 2 aliphatic carbocycles. The van der Waals surface area contributed by atoms with E-state index in [1.54, 1.807) is 12.3 Å². The number of nitrogens with two attached hydrogens (primary N) is 1. The Hall–Kier alpha value is -3.40. The molecule has 2 heterocycles. The quantitative estimate of drug-likeness (QED) is 0.421. The number of aromatic nitrogens is 3. The summed E-state index contributed by atoms with van der Waals surface area (Å²) in [4.78, 5) is 33.9. The molecule has 36 heavy (non-hydrogen) atoms. The Morgan fingerprint density at radius 1 is 1.17 bits per heavy atom. The van der Waals surface area contributed by atoms with Crippen molar-refractivity contribution in [1.29, 1.82) is 0 Å². The van der Waals surface area contributed by atoms with Gasteiger partial charge in [0.2, 0.25) is 0 Å². The number of nitrogens with one attached hydrogen (secondary N) is 2. The molecule has 188 valence electrons. The number of halogens is 1. The number of carbonyl (C=O) groups excluding carboxylic acids is 2. The van der Waals surface area contributed by atoms with Gasteiger partial charge in [0.15, 0.2) is 11.5 Å². The zero-order chi connectivity index (χ0) is 25.4. The minimum atomic E-state index is -0.672.